The van der Waals surface area contributed by atoms with Crippen LogP contribution < -0.4 is 5.32 Å². The highest BCUT2D eigenvalue weighted by atomic mass is 16.3. The Morgan fingerprint density at radius 2 is 1.58 bits per heavy atom. The van der Waals surface area contributed by atoms with Crippen molar-refractivity contribution in [2.45, 2.75) is 25.0 Å². The second kappa shape index (κ2) is 9.65. The number of aliphatic hydroxyl groups is 2. The summed E-state index contributed by atoms with van der Waals surface area (Å²) in [6.45, 7) is -0.322. The number of rotatable bonds is 8. The number of allylic oxidation sites excluding steroid dienone is 1. The van der Waals surface area contributed by atoms with Crippen LogP contribution >= 0.6 is 0 Å². The SMILES string of the molecule is O=C(Cc1ccccc1)N[C@@H](CO)[C@H](O)/C=C/Cc1ccccc1. The van der Waals surface area contributed by atoms with E-state index in [-0.39, 0.29) is 18.9 Å². The Balaban J connectivity index is 1.84. The number of carbonyl (C=O) groups is 1. The van der Waals surface area contributed by atoms with E-state index in [1.165, 1.54) is 0 Å². The molecule has 2 rings (SSSR count). The Bertz CT molecular complexity index is 640. The molecule has 3 N–H and O–H groups in total. The molecule has 0 heterocycles. The van der Waals surface area contributed by atoms with Crippen molar-refractivity contribution in [3.63, 3.8) is 0 Å². The van der Waals surface area contributed by atoms with E-state index in [1.807, 2.05) is 66.7 Å². The van der Waals surface area contributed by atoms with Gasteiger partial charge in [-0.05, 0) is 17.5 Å². The minimum Gasteiger partial charge on any atom is -0.394 e. The zero-order valence-corrected chi connectivity index (χ0v) is 13.5. The van der Waals surface area contributed by atoms with Crippen LogP contribution in [0, 0.1) is 0 Å². The number of hydrogen-bond acceptors (Lipinski definition) is 3. The number of amides is 1. The molecular formula is C20H23NO3. The predicted molar refractivity (Wildman–Crippen MR) is 94.5 cm³/mol. The third kappa shape index (κ3) is 5.99. The van der Waals surface area contributed by atoms with Crippen molar-refractivity contribution < 1.29 is 15.0 Å². The van der Waals surface area contributed by atoms with Gasteiger partial charge in [0.1, 0.15) is 0 Å². The van der Waals surface area contributed by atoms with Gasteiger partial charge in [-0.25, -0.2) is 0 Å². The van der Waals surface area contributed by atoms with Gasteiger partial charge in [0.2, 0.25) is 5.91 Å². The van der Waals surface area contributed by atoms with E-state index in [1.54, 1.807) is 6.08 Å². The highest BCUT2D eigenvalue weighted by Crippen LogP contribution is 2.04. The zero-order valence-electron chi connectivity index (χ0n) is 13.5. The number of hydrogen-bond donors (Lipinski definition) is 3. The third-order valence-electron chi connectivity index (χ3n) is 3.69. The Morgan fingerprint density at radius 1 is 1.00 bits per heavy atom. The molecule has 0 saturated heterocycles. The van der Waals surface area contributed by atoms with Crippen LogP contribution in [0.1, 0.15) is 11.1 Å². The summed E-state index contributed by atoms with van der Waals surface area (Å²) in [5.74, 6) is -0.226. The molecule has 2 aromatic rings. The molecule has 0 aliphatic carbocycles. The van der Waals surface area contributed by atoms with Crippen molar-refractivity contribution in [2.24, 2.45) is 0 Å². The molecule has 0 aliphatic rings. The van der Waals surface area contributed by atoms with Gasteiger partial charge in [-0.3, -0.25) is 4.79 Å². The van der Waals surface area contributed by atoms with Gasteiger partial charge in [-0.1, -0.05) is 72.8 Å². The van der Waals surface area contributed by atoms with Gasteiger partial charge < -0.3 is 15.5 Å². The molecule has 0 spiro atoms. The fourth-order valence-electron chi connectivity index (χ4n) is 2.37. The van der Waals surface area contributed by atoms with E-state index < -0.39 is 12.1 Å². The summed E-state index contributed by atoms with van der Waals surface area (Å²) < 4.78 is 0. The van der Waals surface area contributed by atoms with E-state index in [0.29, 0.717) is 6.42 Å². The molecule has 0 aliphatic heterocycles. The van der Waals surface area contributed by atoms with Gasteiger partial charge in [-0.15, -0.1) is 0 Å². The Hall–Kier alpha value is -2.43. The third-order valence-corrected chi connectivity index (χ3v) is 3.69. The predicted octanol–water partition coefficient (Wildman–Crippen LogP) is 1.87. The number of aliphatic hydroxyl groups excluding tert-OH is 2. The van der Waals surface area contributed by atoms with Crippen LogP contribution in [0.3, 0.4) is 0 Å². The smallest absolute Gasteiger partial charge is 0.224 e. The standard InChI is InChI=1S/C20H23NO3/c22-15-18(21-20(24)14-17-10-5-2-6-11-17)19(23)13-7-12-16-8-3-1-4-9-16/h1-11,13,18-19,22-23H,12,14-15H2,(H,21,24)/b13-7+/t18-,19+/m0/s1. The van der Waals surface area contributed by atoms with Crippen molar-refractivity contribution in [3.05, 3.63) is 83.9 Å². The van der Waals surface area contributed by atoms with E-state index in [4.69, 9.17) is 0 Å². The lowest BCUT2D eigenvalue weighted by atomic mass is 10.1. The average Bonchev–Trinajstić information content (AvgIpc) is 2.61. The first-order valence-corrected chi connectivity index (χ1v) is 8.02. The topological polar surface area (TPSA) is 69.6 Å². The quantitative estimate of drug-likeness (QED) is 0.649. The molecule has 0 saturated carbocycles. The van der Waals surface area contributed by atoms with Gasteiger partial charge in [0.25, 0.3) is 0 Å². The largest absolute Gasteiger partial charge is 0.394 e. The molecule has 0 unspecified atom stereocenters. The van der Waals surface area contributed by atoms with Crippen molar-refractivity contribution in [2.75, 3.05) is 6.61 Å². The van der Waals surface area contributed by atoms with Crippen LogP contribution in [0.5, 0.6) is 0 Å². The lowest BCUT2D eigenvalue weighted by molar-refractivity contribution is -0.122. The van der Waals surface area contributed by atoms with Crippen LogP contribution in [0.15, 0.2) is 72.8 Å². The summed E-state index contributed by atoms with van der Waals surface area (Å²) in [7, 11) is 0. The maximum Gasteiger partial charge on any atom is 0.224 e. The molecule has 0 bridgehead atoms. The molecule has 0 fully saturated rings. The Kier molecular flexibility index (Phi) is 7.21. The summed E-state index contributed by atoms with van der Waals surface area (Å²) in [6.07, 6.45) is 3.42. The van der Waals surface area contributed by atoms with E-state index in [0.717, 1.165) is 11.1 Å². The first kappa shape index (κ1) is 17.9. The zero-order chi connectivity index (χ0) is 17.2. The maximum absolute atomic E-state index is 12.0. The van der Waals surface area contributed by atoms with Crippen LogP contribution in [-0.4, -0.2) is 34.9 Å². The van der Waals surface area contributed by atoms with Gasteiger partial charge in [0.05, 0.1) is 25.2 Å². The highest BCUT2D eigenvalue weighted by molar-refractivity contribution is 5.78. The van der Waals surface area contributed by atoms with Gasteiger partial charge in [0.15, 0.2) is 0 Å². The lowest BCUT2D eigenvalue weighted by Crippen LogP contribution is -2.45. The minimum atomic E-state index is -0.932. The normalized spacial score (nSPS) is 13.6. The number of benzene rings is 2. The van der Waals surface area contributed by atoms with Crippen LogP contribution in [-0.2, 0) is 17.6 Å². The molecule has 4 nitrogen and oxygen atoms in total. The summed E-state index contributed by atoms with van der Waals surface area (Å²) >= 11 is 0. The van der Waals surface area contributed by atoms with Gasteiger partial charge in [-0.2, -0.15) is 0 Å². The van der Waals surface area contributed by atoms with E-state index in [2.05, 4.69) is 5.32 Å². The Labute approximate surface area is 142 Å². The molecule has 2 atom stereocenters. The Morgan fingerprint density at radius 3 is 2.17 bits per heavy atom. The first-order valence-electron chi connectivity index (χ1n) is 8.02. The molecule has 0 aromatic heterocycles. The number of carbonyl (C=O) groups excluding carboxylic acids is 1. The molecular weight excluding hydrogens is 302 g/mol. The van der Waals surface area contributed by atoms with Crippen molar-refractivity contribution in [1.29, 1.82) is 0 Å². The average molecular weight is 325 g/mol. The summed E-state index contributed by atoms with van der Waals surface area (Å²) in [5, 5.41) is 22.2. The molecule has 1 amide bonds. The summed E-state index contributed by atoms with van der Waals surface area (Å²) in [5.41, 5.74) is 2.02. The summed E-state index contributed by atoms with van der Waals surface area (Å²) in [6, 6.07) is 18.5. The van der Waals surface area contributed by atoms with Gasteiger partial charge in [0, 0.05) is 0 Å². The van der Waals surface area contributed by atoms with Crippen molar-refractivity contribution in [3.8, 4) is 0 Å². The maximum atomic E-state index is 12.0. The molecule has 126 valence electrons. The van der Waals surface area contributed by atoms with Crippen molar-refractivity contribution in [1.82, 2.24) is 5.32 Å². The molecule has 0 radical (unpaired) electrons. The minimum absolute atomic E-state index is 0.220. The van der Waals surface area contributed by atoms with Gasteiger partial charge >= 0.3 is 0 Å². The van der Waals surface area contributed by atoms with E-state index >= 15 is 0 Å². The van der Waals surface area contributed by atoms with Crippen LogP contribution in [0.4, 0.5) is 0 Å². The highest BCUT2D eigenvalue weighted by Gasteiger charge is 2.18. The second-order valence-corrected chi connectivity index (χ2v) is 5.63. The molecule has 2 aromatic carbocycles. The fraction of sp³-hybridized carbons (Fsp3) is 0.250. The van der Waals surface area contributed by atoms with Crippen LogP contribution in [0.2, 0.25) is 0 Å². The molecule has 24 heavy (non-hydrogen) atoms. The molecule has 4 heteroatoms. The lowest BCUT2D eigenvalue weighted by Gasteiger charge is -2.20. The van der Waals surface area contributed by atoms with E-state index in [9.17, 15) is 15.0 Å². The monoisotopic (exact) mass is 325 g/mol. The number of nitrogens with one attached hydrogen (secondary N) is 1. The first-order chi connectivity index (χ1) is 11.7. The summed E-state index contributed by atoms with van der Waals surface area (Å²) in [4.78, 5) is 12.0. The van der Waals surface area contributed by atoms with Crippen molar-refractivity contribution >= 4 is 5.91 Å². The second-order valence-electron chi connectivity index (χ2n) is 5.63. The van der Waals surface area contributed by atoms with Crippen LogP contribution in [0.25, 0.3) is 0 Å². The fourth-order valence-corrected chi connectivity index (χ4v) is 2.37.